The second-order valence-electron chi connectivity index (χ2n) is 7.29. The lowest BCUT2D eigenvalue weighted by Gasteiger charge is -2.11. The van der Waals surface area contributed by atoms with Crippen molar-refractivity contribution in [2.45, 2.75) is 33.1 Å². The van der Waals surface area contributed by atoms with Crippen LogP contribution in [-0.2, 0) is 0 Å². The van der Waals surface area contributed by atoms with Crippen LogP contribution >= 0.6 is 0 Å². The van der Waals surface area contributed by atoms with Crippen molar-refractivity contribution in [2.24, 2.45) is 0 Å². The van der Waals surface area contributed by atoms with E-state index < -0.39 is 0 Å². The van der Waals surface area contributed by atoms with E-state index in [9.17, 15) is 4.79 Å². The van der Waals surface area contributed by atoms with E-state index >= 15 is 0 Å². The van der Waals surface area contributed by atoms with Crippen molar-refractivity contribution >= 4 is 23.4 Å². The highest BCUT2D eigenvalue weighted by molar-refractivity contribution is 5.94. The van der Waals surface area contributed by atoms with Crippen molar-refractivity contribution in [3.63, 3.8) is 0 Å². The van der Waals surface area contributed by atoms with Crippen LogP contribution in [0.4, 0.5) is 17.5 Å². The molecule has 0 spiro atoms. The zero-order valence-electron chi connectivity index (χ0n) is 18.6. The highest BCUT2D eigenvalue weighted by atomic mass is 16.5. The maximum atomic E-state index is 12.4. The molecule has 3 N–H and O–H groups in total. The Kier molecular flexibility index (Phi) is 8.80. The first-order valence-corrected chi connectivity index (χ1v) is 10.9. The van der Waals surface area contributed by atoms with Crippen molar-refractivity contribution in [1.29, 1.82) is 0 Å². The summed E-state index contributed by atoms with van der Waals surface area (Å²) in [6.07, 6.45) is 5.08. The molecule has 0 aliphatic rings. The molecule has 0 radical (unpaired) electrons. The van der Waals surface area contributed by atoms with Gasteiger partial charge in [0.1, 0.15) is 29.0 Å². The number of amides is 1. The molecule has 0 unspecified atom stereocenters. The fourth-order valence-electron chi connectivity index (χ4n) is 3.00. The molecule has 0 saturated carbocycles. The van der Waals surface area contributed by atoms with Gasteiger partial charge in [0.25, 0.3) is 5.91 Å². The number of carbonyl (C=O) groups excluding carboxylic acids is 1. The SMILES string of the molecule is CCCCCOc1ccc(C(=O)NCCNc2cc(Nc3ccccn3)nc(C)n2)cc1. The quantitative estimate of drug-likeness (QED) is 0.365. The van der Waals surface area contributed by atoms with Gasteiger partial charge in [0.15, 0.2) is 0 Å². The summed E-state index contributed by atoms with van der Waals surface area (Å²) in [7, 11) is 0. The van der Waals surface area contributed by atoms with E-state index in [0.29, 0.717) is 48.5 Å². The summed E-state index contributed by atoms with van der Waals surface area (Å²) in [6.45, 7) is 5.68. The third-order valence-corrected chi connectivity index (χ3v) is 4.61. The van der Waals surface area contributed by atoms with Gasteiger partial charge < -0.3 is 20.7 Å². The number of pyridine rings is 1. The fourth-order valence-corrected chi connectivity index (χ4v) is 3.00. The zero-order valence-corrected chi connectivity index (χ0v) is 18.6. The number of anilines is 3. The number of benzene rings is 1. The topological polar surface area (TPSA) is 101 Å². The summed E-state index contributed by atoms with van der Waals surface area (Å²) in [5.41, 5.74) is 0.602. The Balaban J connectivity index is 1.43. The molecule has 3 rings (SSSR count). The number of carbonyl (C=O) groups is 1. The molecule has 3 aromatic rings. The van der Waals surface area contributed by atoms with Crippen LogP contribution in [0.25, 0.3) is 0 Å². The van der Waals surface area contributed by atoms with Gasteiger partial charge in [0, 0.05) is 30.9 Å². The number of nitrogens with one attached hydrogen (secondary N) is 3. The first-order chi connectivity index (χ1) is 15.6. The van der Waals surface area contributed by atoms with E-state index in [1.165, 1.54) is 0 Å². The van der Waals surface area contributed by atoms with Crippen molar-refractivity contribution in [1.82, 2.24) is 20.3 Å². The third kappa shape index (κ3) is 7.54. The molecule has 8 nitrogen and oxygen atoms in total. The lowest BCUT2D eigenvalue weighted by molar-refractivity contribution is 0.0955. The van der Waals surface area contributed by atoms with Gasteiger partial charge in [-0.25, -0.2) is 15.0 Å². The molecule has 0 saturated heterocycles. The van der Waals surface area contributed by atoms with Crippen LogP contribution in [0.1, 0.15) is 42.4 Å². The van der Waals surface area contributed by atoms with Crippen molar-refractivity contribution in [3.05, 3.63) is 66.1 Å². The summed E-state index contributed by atoms with van der Waals surface area (Å²) in [4.78, 5) is 25.4. The minimum absolute atomic E-state index is 0.124. The predicted octanol–water partition coefficient (Wildman–Crippen LogP) is 4.33. The smallest absolute Gasteiger partial charge is 0.251 e. The van der Waals surface area contributed by atoms with Gasteiger partial charge in [-0.2, -0.15) is 0 Å². The third-order valence-electron chi connectivity index (χ3n) is 4.61. The molecule has 8 heteroatoms. The van der Waals surface area contributed by atoms with Crippen LogP contribution in [0, 0.1) is 6.92 Å². The first-order valence-electron chi connectivity index (χ1n) is 10.9. The van der Waals surface area contributed by atoms with Gasteiger partial charge >= 0.3 is 0 Å². The summed E-state index contributed by atoms with van der Waals surface area (Å²) >= 11 is 0. The average Bonchev–Trinajstić information content (AvgIpc) is 2.80. The van der Waals surface area contributed by atoms with Crippen molar-refractivity contribution in [3.8, 4) is 5.75 Å². The van der Waals surface area contributed by atoms with Crippen LogP contribution in [-0.4, -0.2) is 40.6 Å². The van der Waals surface area contributed by atoms with Crippen LogP contribution in [0.3, 0.4) is 0 Å². The molecule has 1 aromatic carbocycles. The molecule has 0 fully saturated rings. The summed E-state index contributed by atoms with van der Waals surface area (Å²) < 4.78 is 5.68. The van der Waals surface area contributed by atoms with Gasteiger partial charge in [-0.3, -0.25) is 4.79 Å². The molecule has 0 aliphatic heterocycles. The number of unbranched alkanes of at least 4 members (excludes halogenated alkanes) is 2. The van der Waals surface area contributed by atoms with Gasteiger partial charge in [0.05, 0.1) is 6.61 Å². The van der Waals surface area contributed by atoms with Crippen LogP contribution in [0.5, 0.6) is 5.75 Å². The monoisotopic (exact) mass is 434 g/mol. The number of hydrogen-bond donors (Lipinski definition) is 3. The highest BCUT2D eigenvalue weighted by Gasteiger charge is 2.06. The van der Waals surface area contributed by atoms with Crippen LogP contribution < -0.4 is 20.7 Å². The second-order valence-corrected chi connectivity index (χ2v) is 7.29. The summed E-state index contributed by atoms with van der Waals surface area (Å²) in [5.74, 6) is 3.33. The number of ether oxygens (including phenoxy) is 1. The van der Waals surface area contributed by atoms with Crippen LogP contribution in [0.2, 0.25) is 0 Å². The number of aromatic nitrogens is 3. The minimum atomic E-state index is -0.124. The lowest BCUT2D eigenvalue weighted by atomic mass is 10.2. The zero-order chi connectivity index (χ0) is 22.6. The summed E-state index contributed by atoms with van der Waals surface area (Å²) in [5, 5.41) is 9.28. The number of aryl methyl sites for hydroxylation is 1. The summed E-state index contributed by atoms with van der Waals surface area (Å²) in [6, 6.07) is 14.7. The Morgan fingerprint density at radius 1 is 0.969 bits per heavy atom. The molecule has 2 heterocycles. The van der Waals surface area contributed by atoms with Crippen molar-refractivity contribution < 1.29 is 9.53 Å². The van der Waals surface area contributed by atoms with Crippen LogP contribution in [0.15, 0.2) is 54.7 Å². The Hall–Kier alpha value is -3.68. The van der Waals surface area contributed by atoms with E-state index in [2.05, 4.69) is 37.8 Å². The van der Waals surface area contributed by atoms with Gasteiger partial charge in [0.2, 0.25) is 0 Å². The molecular weight excluding hydrogens is 404 g/mol. The van der Waals surface area contributed by atoms with Crippen molar-refractivity contribution in [2.75, 3.05) is 30.3 Å². The molecule has 0 bridgehead atoms. The van der Waals surface area contributed by atoms with Gasteiger partial charge in [-0.1, -0.05) is 25.8 Å². The van der Waals surface area contributed by atoms with Gasteiger partial charge in [-0.05, 0) is 49.7 Å². The minimum Gasteiger partial charge on any atom is -0.494 e. The normalized spacial score (nSPS) is 10.4. The number of hydrogen-bond acceptors (Lipinski definition) is 7. The molecular formula is C24H30N6O2. The lowest BCUT2D eigenvalue weighted by Crippen LogP contribution is -2.28. The standard InChI is InChI=1S/C24H30N6O2/c1-3-4-7-16-32-20-11-9-19(10-12-20)24(31)27-15-14-26-22-17-23(29-18(2)28-22)30-21-8-5-6-13-25-21/h5-6,8-13,17H,3-4,7,14-16H2,1-2H3,(H,27,31)(H2,25,26,28,29,30). The van der Waals surface area contributed by atoms with E-state index in [0.717, 1.165) is 25.0 Å². The van der Waals surface area contributed by atoms with E-state index in [4.69, 9.17) is 4.74 Å². The largest absolute Gasteiger partial charge is 0.494 e. The van der Waals surface area contributed by atoms with Gasteiger partial charge in [-0.15, -0.1) is 0 Å². The fraction of sp³-hybridized carbons (Fsp3) is 0.333. The molecule has 0 atom stereocenters. The van der Waals surface area contributed by atoms with E-state index in [-0.39, 0.29) is 5.91 Å². The molecule has 0 aliphatic carbocycles. The molecule has 2 aromatic heterocycles. The maximum Gasteiger partial charge on any atom is 0.251 e. The molecule has 32 heavy (non-hydrogen) atoms. The predicted molar refractivity (Wildman–Crippen MR) is 127 cm³/mol. The Labute approximate surface area is 188 Å². The Morgan fingerprint density at radius 3 is 2.53 bits per heavy atom. The van der Waals surface area contributed by atoms with E-state index in [1.807, 2.05) is 43.3 Å². The number of rotatable bonds is 12. The Bertz CT molecular complexity index is 980. The Morgan fingerprint density at radius 2 is 1.78 bits per heavy atom. The average molecular weight is 435 g/mol. The highest BCUT2D eigenvalue weighted by Crippen LogP contribution is 2.15. The molecule has 168 valence electrons. The maximum absolute atomic E-state index is 12.4. The second kappa shape index (κ2) is 12.2. The molecule has 1 amide bonds. The first kappa shape index (κ1) is 23.0. The van der Waals surface area contributed by atoms with E-state index in [1.54, 1.807) is 18.3 Å². The number of nitrogens with zero attached hydrogens (tertiary/aromatic N) is 3.